The third kappa shape index (κ3) is 2.31. The quantitative estimate of drug-likeness (QED) is 0.943. The molecule has 2 aromatic carbocycles. The summed E-state index contributed by atoms with van der Waals surface area (Å²) in [7, 11) is 1.62. The molecule has 0 fully saturated rings. The maximum atomic E-state index is 14.1. The zero-order valence-corrected chi connectivity index (χ0v) is 11.7. The minimum absolute atomic E-state index is 0.168. The lowest BCUT2D eigenvalue weighted by Crippen LogP contribution is -2.36. The number of nitrogens with zero attached hydrogens (tertiary/aromatic N) is 2. The van der Waals surface area contributed by atoms with Crippen molar-refractivity contribution in [3.8, 4) is 5.75 Å². The summed E-state index contributed by atoms with van der Waals surface area (Å²) in [6.07, 6.45) is 0. The standard InChI is InChI=1S/C16H16FN3O/c1-21-15-9-5-2-6-11(15)14-10-19-16(18)20(14)13-8-4-3-7-12(13)17/h2-9,14H,10H2,1H3,(H2,18,19). The van der Waals surface area contributed by atoms with Gasteiger partial charge in [-0.1, -0.05) is 30.3 Å². The second-order valence-corrected chi connectivity index (χ2v) is 4.78. The lowest BCUT2D eigenvalue weighted by Gasteiger charge is -2.27. The van der Waals surface area contributed by atoms with Gasteiger partial charge >= 0.3 is 0 Å². The van der Waals surface area contributed by atoms with E-state index in [4.69, 9.17) is 10.5 Å². The number of halogens is 1. The van der Waals surface area contributed by atoms with E-state index in [2.05, 4.69) is 4.99 Å². The highest BCUT2D eigenvalue weighted by atomic mass is 19.1. The molecule has 1 atom stereocenters. The minimum Gasteiger partial charge on any atom is -0.496 e. The lowest BCUT2D eigenvalue weighted by molar-refractivity contribution is 0.406. The van der Waals surface area contributed by atoms with Crippen LogP contribution in [0, 0.1) is 5.82 Å². The average molecular weight is 285 g/mol. The van der Waals surface area contributed by atoms with E-state index in [-0.39, 0.29) is 11.9 Å². The van der Waals surface area contributed by atoms with E-state index < -0.39 is 0 Å². The van der Waals surface area contributed by atoms with Crippen molar-refractivity contribution in [3.63, 3.8) is 0 Å². The number of ether oxygens (including phenoxy) is 1. The summed E-state index contributed by atoms with van der Waals surface area (Å²) in [5, 5.41) is 0. The Labute approximate surface area is 122 Å². The average Bonchev–Trinajstić information content (AvgIpc) is 2.89. The second-order valence-electron chi connectivity index (χ2n) is 4.78. The van der Waals surface area contributed by atoms with Crippen molar-refractivity contribution in [3.05, 3.63) is 59.9 Å². The first-order valence-electron chi connectivity index (χ1n) is 6.69. The maximum Gasteiger partial charge on any atom is 0.196 e. The number of rotatable bonds is 3. The monoisotopic (exact) mass is 285 g/mol. The summed E-state index contributed by atoms with van der Waals surface area (Å²) >= 11 is 0. The van der Waals surface area contributed by atoms with Gasteiger partial charge in [0.25, 0.3) is 0 Å². The van der Waals surface area contributed by atoms with Crippen molar-refractivity contribution >= 4 is 11.6 Å². The van der Waals surface area contributed by atoms with Crippen LogP contribution in [0.4, 0.5) is 10.1 Å². The van der Waals surface area contributed by atoms with E-state index in [1.165, 1.54) is 6.07 Å². The van der Waals surface area contributed by atoms with Crippen LogP contribution in [0.5, 0.6) is 5.75 Å². The fourth-order valence-electron chi connectivity index (χ4n) is 2.62. The highest BCUT2D eigenvalue weighted by Crippen LogP contribution is 2.36. The molecular formula is C16H16FN3O. The molecular weight excluding hydrogens is 269 g/mol. The Kier molecular flexibility index (Phi) is 3.48. The first-order valence-corrected chi connectivity index (χ1v) is 6.69. The van der Waals surface area contributed by atoms with Gasteiger partial charge in [0, 0.05) is 5.56 Å². The van der Waals surface area contributed by atoms with E-state index in [0.717, 1.165) is 11.3 Å². The molecule has 2 N–H and O–H groups in total. The number of para-hydroxylation sites is 2. The van der Waals surface area contributed by atoms with Crippen molar-refractivity contribution in [1.82, 2.24) is 0 Å². The van der Waals surface area contributed by atoms with Crippen molar-refractivity contribution in [2.24, 2.45) is 10.7 Å². The lowest BCUT2D eigenvalue weighted by atomic mass is 10.0. The summed E-state index contributed by atoms with van der Waals surface area (Å²) in [5.74, 6) is 0.738. The molecule has 2 aromatic rings. The van der Waals surface area contributed by atoms with Gasteiger partial charge in [-0.2, -0.15) is 0 Å². The number of methoxy groups -OCH3 is 1. The minimum atomic E-state index is -0.322. The van der Waals surface area contributed by atoms with Crippen LogP contribution in [0.3, 0.4) is 0 Å². The predicted molar refractivity (Wildman–Crippen MR) is 81.1 cm³/mol. The molecule has 1 unspecified atom stereocenters. The van der Waals surface area contributed by atoms with Gasteiger partial charge < -0.3 is 15.4 Å². The number of hydrogen-bond donors (Lipinski definition) is 1. The molecule has 0 spiro atoms. The summed E-state index contributed by atoms with van der Waals surface area (Å²) in [5.41, 5.74) is 7.33. The predicted octanol–water partition coefficient (Wildman–Crippen LogP) is 2.71. The van der Waals surface area contributed by atoms with Crippen molar-refractivity contribution < 1.29 is 9.13 Å². The molecule has 5 heteroatoms. The van der Waals surface area contributed by atoms with Gasteiger partial charge in [0.15, 0.2) is 5.96 Å². The van der Waals surface area contributed by atoms with E-state index in [1.807, 2.05) is 24.3 Å². The molecule has 0 aliphatic carbocycles. The number of benzene rings is 2. The zero-order valence-electron chi connectivity index (χ0n) is 11.7. The Hall–Kier alpha value is -2.56. The second kappa shape index (κ2) is 5.44. The molecule has 108 valence electrons. The topological polar surface area (TPSA) is 50.9 Å². The number of anilines is 1. The van der Waals surface area contributed by atoms with Crippen LogP contribution in [0.15, 0.2) is 53.5 Å². The van der Waals surface area contributed by atoms with Gasteiger partial charge in [-0.3, -0.25) is 4.99 Å². The molecule has 0 bridgehead atoms. The first-order chi connectivity index (χ1) is 10.2. The Morgan fingerprint density at radius 1 is 1.19 bits per heavy atom. The van der Waals surface area contributed by atoms with Gasteiger partial charge in [-0.15, -0.1) is 0 Å². The zero-order chi connectivity index (χ0) is 14.8. The number of hydrogen-bond acceptors (Lipinski definition) is 4. The number of aliphatic imine (C=N–C) groups is 1. The molecule has 1 heterocycles. The van der Waals surface area contributed by atoms with Crippen LogP contribution in [0.25, 0.3) is 0 Å². The van der Waals surface area contributed by atoms with E-state index >= 15 is 0 Å². The molecule has 0 saturated heterocycles. The van der Waals surface area contributed by atoms with Crippen molar-refractivity contribution in [1.29, 1.82) is 0 Å². The van der Waals surface area contributed by atoms with Crippen molar-refractivity contribution in [2.45, 2.75) is 6.04 Å². The largest absolute Gasteiger partial charge is 0.496 e. The normalized spacial score (nSPS) is 17.7. The van der Waals surface area contributed by atoms with E-state index in [1.54, 1.807) is 30.2 Å². The third-order valence-electron chi connectivity index (χ3n) is 3.59. The van der Waals surface area contributed by atoms with Gasteiger partial charge in [-0.25, -0.2) is 4.39 Å². The van der Waals surface area contributed by atoms with Crippen LogP contribution in [0.1, 0.15) is 11.6 Å². The Bertz CT molecular complexity index is 687. The summed E-state index contributed by atoms with van der Waals surface area (Å²) < 4.78 is 19.5. The summed E-state index contributed by atoms with van der Waals surface area (Å²) in [4.78, 5) is 5.98. The molecule has 0 amide bonds. The van der Waals surface area contributed by atoms with Gasteiger partial charge in [0.1, 0.15) is 11.6 Å². The molecule has 0 radical (unpaired) electrons. The Morgan fingerprint density at radius 2 is 1.90 bits per heavy atom. The highest BCUT2D eigenvalue weighted by molar-refractivity contribution is 5.97. The van der Waals surface area contributed by atoms with E-state index in [0.29, 0.717) is 18.2 Å². The van der Waals surface area contributed by atoms with Crippen LogP contribution in [-0.4, -0.2) is 19.6 Å². The fourth-order valence-corrected chi connectivity index (χ4v) is 2.62. The molecule has 0 aromatic heterocycles. The van der Waals surface area contributed by atoms with E-state index in [9.17, 15) is 4.39 Å². The summed E-state index contributed by atoms with van der Waals surface area (Å²) in [6, 6.07) is 14.0. The maximum absolute atomic E-state index is 14.1. The molecule has 21 heavy (non-hydrogen) atoms. The SMILES string of the molecule is COc1ccccc1C1CN=C(N)N1c1ccccc1F. The smallest absolute Gasteiger partial charge is 0.196 e. The number of guanidine groups is 1. The van der Waals surface area contributed by atoms with Crippen molar-refractivity contribution in [2.75, 3.05) is 18.6 Å². The van der Waals surface area contributed by atoms with Gasteiger partial charge in [0.2, 0.25) is 0 Å². The molecule has 1 aliphatic heterocycles. The van der Waals surface area contributed by atoms with Gasteiger partial charge in [-0.05, 0) is 18.2 Å². The van der Waals surface area contributed by atoms with Crippen LogP contribution < -0.4 is 15.4 Å². The van der Waals surface area contributed by atoms with Crippen LogP contribution in [-0.2, 0) is 0 Å². The molecule has 4 nitrogen and oxygen atoms in total. The number of nitrogens with two attached hydrogens (primary N) is 1. The first kappa shape index (κ1) is 13.4. The molecule has 0 saturated carbocycles. The van der Waals surface area contributed by atoms with Gasteiger partial charge in [0.05, 0.1) is 25.4 Å². The highest BCUT2D eigenvalue weighted by Gasteiger charge is 2.32. The third-order valence-corrected chi connectivity index (χ3v) is 3.59. The molecule has 1 aliphatic rings. The van der Waals surface area contributed by atoms with Crippen LogP contribution >= 0.6 is 0 Å². The Morgan fingerprint density at radius 3 is 2.67 bits per heavy atom. The Balaban J connectivity index is 2.06. The fraction of sp³-hybridized carbons (Fsp3) is 0.188. The molecule has 3 rings (SSSR count). The van der Waals surface area contributed by atoms with Crippen LogP contribution in [0.2, 0.25) is 0 Å². The summed E-state index contributed by atoms with van der Waals surface area (Å²) in [6.45, 7) is 0.473.